The van der Waals surface area contributed by atoms with Gasteiger partial charge in [0.25, 0.3) is 0 Å². The Morgan fingerprint density at radius 1 is 1.16 bits per heavy atom. The van der Waals surface area contributed by atoms with Gasteiger partial charge >= 0.3 is 0 Å². The summed E-state index contributed by atoms with van der Waals surface area (Å²) in [5, 5.41) is 0.212. The molecule has 2 aromatic heterocycles. The lowest BCUT2D eigenvalue weighted by molar-refractivity contribution is 0.122. The van der Waals surface area contributed by atoms with E-state index in [0.717, 1.165) is 35.7 Å². The van der Waals surface area contributed by atoms with E-state index in [-0.39, 0.29) is 5.28 Å². The molecular weight excluding hydrogens is 342 g/mol. The summed E-state index contributed by atoms with van der Waals surface area (Å²) in [4.78, 5) is 15.3. The molecule has 0 amide bonds. The fraction of sp³-hybridized carbons (Fsp3) is 0.353. The lowest BCUT2D eigenvalue weighted by atomic mass is 10.2. The van der Waals surface area contributed by atoms with Gasteiger partial charge in [-0.3, -0.25) is 0 Å². The van der Waals surface area contributed by atoms with Crippen molar-refractivity contribution in [2.45, 2.75) is 6.54 Å². The SMILES string of the molecule is COc1ccc(Cn2cnc3nc(Cl)nc(N4CCOCC4)c32)cc1. The summed E-state index contributed by atoms with van der Waals surface area (Å²) in [5.41, 5.74) is 2.64. The number of aromatic nitrogens is 4. The Morgan fingerprint density at radius 2 is 1.92 bits per heavy atom. The molecule has 0 saturated carbocycles. The zero-order chi connectivity index (χ0) is 17.2. The van der Waals surface area contributed by atoms with Gasteiger partial charge in [-0.05, 0) is 29.3 Å². The Labute approximate surface area is 150 Å². The number of morpholine rings is 1. The van der Waals surface area contributed by atoms with E-state index in [1.807, 2.05) is 24.3 Å². The van der Waals surface area contributed by atoms with Crippen LogP contribution >= 0.6 is 11.6 Å². The number of ether oxygens (including phenoxy) is 2. The predicted octanol–water partition coefficient (Wildman–Crippen LogP) is 2.37. The highest BCUT2D eigenvalue weighted by Gasteiger charge is 2.20. The van der Waals surface area contributed by atoms with E-state index in [2.05, 4.69) is 24.4 Å². The Kier molecular flexibility index (Phi) is 4.42. The van der Waals surface area contributed by atoms with Crippen LogP contribution in [0.15, 0.2) is 30.6 Å². The molecule has 1 fully saturated rings. The third kappa shape index (κ3) is 3.25. The van der Waals surface area contributed by atoms with Crippen LogP contribution in [0.25, 0.3) is 11.2 Å². The topological polar surface area (TPSA) is 65.3 Å². The predicted molar refractivity (Wildman–Crippen MR) is 95.5 cm³/mol. The van der Waals surface area contributed by atoms with Crippen LogP contribution in [0.3, 0.4) is 0 Å². The second kappa shape index (κ2) is 6.85. The van der Waals surface area contributed by atoms with Crippen molar-refractivity contribution in [1.29, 1.82) is 0 Å². The van der Waals surface area contributed by atoms with E-state index in [9.17, 15) is 0 Å². The van der Waals surface area contributed by atoms with Gasteiger partial charge in [0.05, 0.1) is 26.7 Å². The second-order valence-corrected chi connectivity index (χ2v) is 6.15. The lowest BCUT2D eigenvalue weighted by Gasteiger charge is -2.28. The summed E-state index contributed by atoms with van der Waals surface area (Å²) in [6.45, 7) is 3.57. The van der Waals surface area contributed by atoms with Crippen LogP contribution in [-0.4, -0.2) is 52.9 Å². The van der Waals surface area contributed by atoms with Crippen LogP contribution in [0, 0.1) is 0 Å². The molecule has 1 saturated heterocycles. The molecule has 0 radical (unpaired) electrons. The fourth-order valence-corrected chi connectivity index (χ4v) is 3.14. The highest BCUT2D eigenvalue weighted by atomic mass is 35.5. The summed E-state index contributed by atoms with van der Waals surface area (Å²) in [5.74, 6) is 1.65. The Hall–Kier alpha value is -2.38. The summed E-state index contributed by atoms with van der Waals surface area (Å²) in [7, 11) is 1.66. The number of benzene rings is 1. The van der Waals surface area contributed by atoms with Gasteiger partial charge in [-0.1, -0.05) is 12.1 Å². The molecule has 130 valence electrons. The van der Waals surface area contributed by atoms with E-state index >= 15 is 0 Å². The van der Waals surface area contributed by atoms with Crippen molar-refractivity contribution in [2.75, 3.05) is 38.3 Å². The smallest absolute Gasteiger partial charge is 0.226 e. The van der Waals surface area contributed by atoms with Crippen molar-refractivity contribution in [3.8, 4) is 5.75 Å². The molecule has 1 aromatic carbocycles. The Morgan fingerprint density at radius 3 is 2.64 bits per heavy atom. The highest BCUT2D eigenvalue weighted by Crippen LogP contribution is 2.26. The van der Waals surface area contributed by atoms with Crippen molar-refractivity contribution in [3.63, 3.8) is 0 Å². The van der Waals surface area contributed by atoms with E-state index in [0.29, 0.717) is 25.4 Å². The van der Waals surface area contributed by atoms with Crippen LogP contribution in [0.2, 0.25) is 5.28 Å². The third-order valence-electron chi connectivity index (χ3n) is 4.25. The van der Waals surface area contributed by atoms with Gasteiger partial charge in [-0.25, -0.2) is 4.98 Å². The summed E-state index contributed by atoms with van der Waals surface area (Å²) in [6, 6.07) is 7.97. The van der Waals surface area contributed by atoms with Crippen LogP contribution in [0.4, 0.5) is 5.82 Å². The molecule has 0 bridgehead atoms. The van der Waals surface area contributed by atoms with Crippen LogP contribution in [0.1, 0.15) is 5.56 Å². The molecule has 0 spiro atoms. The molecule has 0 aliphatic carbocycles. The minimum atomic E-state index is 0.212. The first-order valence-electron chi connectivity index (χ1n) is 8.08. The number of nitrogens with zero attached hydrogens (tertiary/aromatic N) is 5. The highest BCUT2D eigenvalue weighted by molar-refractivity contribution is 6.28. The summed E-state index contributed by atoms with van der Waals surface area (Å²) < 4.78 is 12.7. The normalized spacial score (nSPS) is 14.9. The largest absolute Gasteiger partial charge is 0.497 e. The average molecular weight is 360 g/mol. The number of hydrogen-bond donors (Lipinski definition) is 0. The first-order valence-corrected chi connectivity index (χ1v) is 8.46. The van der Waals surface area contributed by atoms with E-state index in [4.69, 9.17) is 21.1 Å². The number of hydrogen-bond acceptors (Lipinski definition) is 6. The maximum atomic E-state index is 6.10. The molecule has 25 heavy (non-hydrogen) atoms. The third-order valence-corrected chi connectivity index (χ3v) is 4.42. The Balaban J connectivity index is 1.73. The van der Waals surface area contributed by atoms with Crippen molar-refractivity contribution < 1.29 is 9.47 Å². The molecule has 7 nitrogen and oxygen atoms in total. The summed E-state index contributed by atoms with van der Waals surface area (Å²) >= 11 is 6.10. The molecular formula is C17H18ClN5O2. The molecule has 3 aromatic rings. The first-order chi connectivity index (χ1) is 12.2. The number of anilines is 1. The van der Waals surface area contributed by atoms with E-state index < -0.39 is 0 Å². The van der Waals surface area contributed by atoms with Gasteiger partial charge in [0.2, 0.25) is 5.28 Å². The molecule has 4 rings (SSSR count). The van der Waals surface area contributed by atoms with Gasteiger partial charge in [-0.2, -0.15) is 9.97 Å². The molecule has 1 aliphatic rings. The minimum Gasteiger partial charge on any atom is -0.497 e. The summed E-state index contributed by atoms with van der Waals surface area (Å²) in [6.07, 6.45) is 1.78. The molecule has 8 heteroatoms. The Bertz CT molecular complexity index is 875. The van der Waals surface area contributed by atoms with Crippen LogP contribution < -0.4 is 9.64 Å². The molecule has 0 atom stereocenters. The molecule has 3 heterocycles. The van der Waals surface area contributed by atoms with Gasteiger partial charge in [-0.15, -0.1) is 0 Å². The zero-order valence-electron chi connectivity index (χ0n) is 13.9. The van der Waals surface area contributed by atoms with Crippen molar-refractivity contribution in [1.82, 2.24) is 19.5 Å². The van der Waals surface area contributed by atoms with Crippen LogP contribution in [0.5, 0.6) is 5.75 Å². The van der Waals surface area contributed by atoms with Gasteiger partial charge in [0.1, 0.15) is 11.3 Å². The lowest BCUT2D eigenvalue weighted by Crippen LogP contribution is -2.37. The van der Waals surface area contributed by atoms with Crippen molar-refractivity contribution in [2.24, 2.45) is 0 Å². The average Bonchev–Trinajstić information content (AvgIpc) is 3.05. The monoisotopic (exact) mass is 359 g/mol. The van der Waals surface area contributed by atoms with E-state index in [1.54, 1.807) is 13.4 Å². The fourth-order valence-electron chi connectivity index (χ4n) is 2.98. The second-order valence-electron chi connectivity index (χ2n) is 5.81. The quantitative estimate of drug-likeness (QED) is 0.666. The number of fused-ring (bicyclic) bond motifs is 1. The maximum absolute atomic E-state index is 6.10. The van der Waals surface area contributed by atoms with Crippen LogP contribution in [-0.2, 0) is 11.3 Å². The molecule has 0 N–H and O–H groups in total. The first kappa shape index (κ1) is 16.1. The number of methoxy groups -OCH3 is 1. The van der Waals surface area contributed by atoms with Crippen molar-refractivity contribution in [3.05, 3.63) is 41.4 Å². The number of rotatable bonds is 4. The minimum absolute atomic E-state index is 0.212. The maximum Gasteiger partial charge on any atom is 0.226 e. The van der Waals surface area contributed by atoms with Gasteiger partial charge in [0.15, 0.2) is 11.5 Å². The standard InChI is InChI=1S/C17H18ClN5O2/c1-24-13-4-2-12(3-5-13)10-23-11-19-15-14(23)16(21-17(18)20-15)22-6-8-25-9-7-22/h2-5,11H,6-10H2,1H3. The van der Waals surface area contributed by atoms with Gasteiger partial charge in [0, 0.05) is 19.6 Å². The van der Waals surface area contributed by atoms with E-state index in [1.165, 1.54) is 0 Å². The zero-order valence-corrected chi connectivity index (χ0v) is 14.6. The molecule has 1 aliphatic heterocycles. The van der Waals surface area contributed by atoms with Crippen molar-refractivity contribution >= 4 is 28.6 Å². The van der Waals surface area contributed by atoms with Gasteiger partial charge < -0.3 is 18.9 Å². The molecule has 0 unspecified atom stereocenters. The number of imidazole rings is 1. The number of halogens is 1.